The first-order valence-corrected chi connectivity index (χ1v) is 10.3. The summed E-state index contributed by atoms with van der Waals surface area (Å²) in [4.78, 5) is 17.4. The molecule has 0 radical (unpaired) electrons. The van der Waals surface area contributed by atoms with Gasteiger partial charge < -0.3 is 20.0 Å². The van der Waals surface area contributed by atoms with Gasteiger partial charge in [0, 0.05) is 56.5 Å². The van der Waals surface area contributed by atoms with Gasteiger partial charge in [-0.1, -0.05) is 0 Å². The molecule has 3 heterocycles. The van der Waals surface area contributed by atoms with Crippen molar-refractivity contribution in [2.75, 3.05) is 56.4 Å². The van der Waals surface area contributed by atoms with Crippen molar-refractivity contribution in [2.45, 2.75) is 6.92 Å². The predicted octanol–water partition coefficient (Wildman–Crippen LogP) is 3.30. The molecule has 7 heteroatoms. The second kappa shape index (κ2) is 7.78. The Hall–Kier alpha value is -2.25. The Morgan fingerprint density at radius 3 is 2.41 bits per heavy atom. The van der Waals surface area contributed by atoms with Crippen molar-refractivity contribution >= 4 is 34.0 Å². The standard InChI is InChI=1S/C20H26N6S/c1-15-19(27-14-25(15)3)18-8-9-21-20(23-18)22-16-4-6-17(7-5-16)26-12-10-24(2)11-13-26/h4-9H,10-14H2,1-3H3,(H,21,22,23). The van der Waals surface area contributed by atoms with Gasteiger partial charge in [0.25, 0.3) is 0 Å². The Morgan fingerprint density at radius 1 is 1.00 bits per heavy atom. The van der Waals surface area contributed by atoms with Crippen molar-refractivity contribution in [3.05, 3.63) is 47.9 Å². The van der Waals surface area contributed by atoms with Crippen LogP contribution in [0.3, 0.4) is 0 Å². The van der Waals surface area contributed by atoms with E-state index in [1.807, 2.05) is 24.0 Å². The van der Waals surface area contributed by atoms with Crippen LogP contribution >= 0.6 is 11.8 Å². The summed E-state index contributed by atoms with van der Waals surface area (Å²) in [5, 5.41) is 3.34. The highest BCUT2D eigenvalue weighted by atomic mass is 32.2. The average Bonchev–Trinajstić information content (AvgIpc) is 3.02. The second-order valence-corrected chi connectivity index (χ2v) is 8.07. The van der Waals surface area contributed by atoms with E-state index in [-0.39, 0.29) is 0 Å². The third-order valence-electron chi connectivity index (χ3n) is 5.18. The maximum atomic E-state index is 4.71. The van der Waals surface area contributed by atoms with E-state index in [2.05, 4.69) is 70.3 Å². The van der Waals surface area contributed by atoms with Crippen molar-refractivity contribution in [1.82, 2.24) is 19.8 Å². The second-order valence-electron chi connectivity index (χ2n) is 7.11. The van der Waals surface area contributed by atoms with Crippen LogP contribution < -0.4 is 10.2 Å². The topological polar surface area (TPSA) is 47.5 Å². The lowest BCUT2D eigenvalue weighted by Crippen LogP contribution is -2.44. The maximum absolute atomic E-state index is 4.71. The summed E-state index contributed by atoms with van der Waals surface area (Å²) < 4.78 is 0. The highest BCUT2D eigenvalue weighted by Crippen LogP contribution is 2.37. The molecule has 0 saturated carbocycles. The molecule has 4 rings (SSSR count). The number of aromatic nitrogens is 2. The van der Waals surface area contributed by atoms with E-state index in [9.17, 15) is 0 Å². The molecule has 2 aliphatic heterocycles. The fourth-order valence-electron chi connectivity index (χ4n) is 3.29. The molecular weight excluding hydrogens is 356 g/mol. The lowest BCUT2D eigenvalue weighted by atomic mass is 10.2. The lowest BCUT2D eigenvalue weighted by molar-refractivity contribution is 0.313. The quantitative estimate of drug-likeness (QED) is 0.870. The number of rotatable bonds is 4. The van der Waals surface area contributed by atoms with E-state index in [1.54, 1.807) is 0 Å². The number of nitrogens with zero attached hydrogens (tertiary/aromatic N) is 5. The molecule has 1 N–H and O–H groups in total. The summed E-state index contributed by atoms with van der Waals surface area (Å²) in [6.07, 6.45) is 1.82. The minimum absolute atomic E-state index is 0.635. The first-order valence-electron chi connectivity index (χ1n) is 9.29. The minimum Gasteiger partial charge on any atom is -0.369 e. The molecule has 1 aromatic carbocycles. The third kappa shape index (κ3) is 4.04. The number of piperazine rings is 1. The number of hydrogen-bond acceptors (Lipinski definition) is 7. The van der Waals surface area contributed by atoms with E-state index in [0.29, 0.717) is 5.95 Å². The molecule has 0 bridgehead atoms. The van der Waals surface area contributed by atoms with E-state index < -0.39 is 0 Å². The van der Waals surface area contributed by atoms with Crippen molar-refractivity contribution in [2.24, 2.45) is 0 Å². The SMILES string of the molecule is CC1=C(c2ccnc(Nc3ccc(N4CCN(C)CC4)cc3)n2)SCN1C. The summed E-state index contributed by atoms with van der Waals surface area (Å²) in [6, 6.07) is 10.5. The molecule has 142 valence electrons. The van der Waals surface area contributed by atoms with Gasteiger partial charge in [-0.3, -0.25) is 0 Å². The Morgan fingerprint density at radius 2 is 1.74 bits per heavy atom. The average molecular weight is 383 g/mol. The van der Waals surface area contributed by atoms with Crippen LogP contribution in [0.2, 0.25) is 0 Å². The highest BCUT2D eigenvalue weighted by molar-refractivity contribution is 8.08. The molecule has 0 spiro atoms. The Kier molecular flexibility index (Phi) is 5.22. The molecule has 2 aromatic rings. The number of likely N-dealkylation sites (N-methyl/N-ethyl adjacent to an activating group) is 1. The minimum atomic E-state index is 0.635. The highest BCUT2D eigenvalue weighted by Gasteiger charge is 2.19. The molecule has 0 unspecified atom stereocenters. The normalized spacial score (nSPS) is 18.3. The molecule has 2 aliphatic rings. The molecule has 27 heavy (non-hydrogen) atoms. The van der Waals surface area contributed by atoms with Crippen molar-refractivity contribution in [3.63, 3.8) is 0 Å². The Labute approximate surface area is 165 Å². The van der Waals surface area contributed by atoms with Crippen LogP contribution in [-0.2, 0) is 0 Å². The zero-order chi connectivity index (χ0) is 18.8. The molecule has 1 fully saturated rings. The van der Waals surface area contributed by atoms with Crippen molar-refractivity contribution in [3.8, 4) is 0 Å². The summed E-state index contributed by atoms with van der Waals surface area (Å²) >= 11 is 1.82. The van der Waals surface area contributed by atoms with Crippen LogP contribution in [-0.4, -0.2) is 65.9 Å². The van der Waals surface area contributed by atoms with Crippen LogP contribution in [0.4, 0.5) is 17.3 Å². The van der Waals surface area contributed by atoms with Crippen LogP contribution in [0.5, 0.6) is 0 Å². The summed E-state index contributed by atoms with van der Waals surface area (Å²) in [7, 11) is 4.29. The van der Waals surface area contributed by atoms with E-state index in [0.717, 1.165) is 43.4 Å². The number of thioether (sulfide) groups is 1. The largest absolute Gasteiger partial charge is 0.369 e. The van der Waals surface area contributed by atoms with Crippen LogP contribution in [0, 0.1) is 0 Å². The van der Waals surface area contributed by atoms with Gasteiger partial charge in [0.15, 0.2) is 0 Å². The molecule has 6 nitrogen and oxygen atoms in total. The molecule has 1 aromatic heterocycles. The van der Waals surface area contributed by atoms with Gasteiger partial charge in [0.2, 0.25) is 5.95 Å². The van der Waals surface area contributed by atoms with Crippen molar-refractivity contribution < 1.29 is 0 Å². The summed E-state index contributed by atoms with van der Waals surface area (Å²) in [6.45, 7) is 6.53. The Bertz CT molecular complexity index is 827. The van der Waals surface area contributed by atoms with Crippen LogP contribution in [0.25, 0.3) is 4.91 Å². The first-order chi connectivity index (χ1) is 13.1. The summed E-state index contributed by atoms with van der Waals surface area (Å²) in [5.74, 6) is 1.61. The molecule has 0 aliphatic carbocycles. The number of benzene rings is 1. The van der Waals surface area contributed by atoms with E-state index in [1.165, 1.54) is 16.3 Å². The van der Waals surface area contributed by atoms with Crippen molar-refractivity contribution in [1.29, 1.82) is 0 Å². The van der Waals surface area contributed by atoms with Gasteiger partial charge in [0.1, 0.15) is 0 Å². The zero-order valence-corrected chi connectivity index (χ0v) is 17.0. The van der Waals surface area contributed by atoms with Gasteiger partial charge in [0.05, 0.1) is 16.5 Å². The smallest absolute Gasteiger partial charge is 0.227 e. The maximum Gasteiger partial charge on any atom is 0.227 e. The summed E-state index contributed by atoms with van der Waals surface area (Å²) in [5.41, 5.74) is 4.52. The number of nitrogens with one attached hydrogen (secondary N) is 1. The lowest BCUT2D eigenvalue weighted by Gasteiger charge is -2.34. The van der Waals surface area contributed by atoms with Gasteiger partial charge in [-0.15, -0.1) is 11.8 Å². The van der Waals surface area contributed by atoms with Crippen LogP contribution in [0.1, 0.15) is 12.6 Å². The van der Waals surface area contributed by atoms with E-state index in [4.69, 9.17) is 4.98 Å². The fraction of sp³-hybridized carbons (Fsp3) is 0.400. The number of hydrogen-bond donors (Lipinski definition) is 1. The molecule has 0 amide bonds. The molecule has 1 saturated heterocycles. The fourth-order valence-corrected chi connectivity index (χ4v) is 4.43. The molecular formula is C20H26N6S. The van der Waals surface area contributed by atoms with Gasteiger partial charge in [-0.05, 0) is 44.3 Å². The Balaban J connectivity index is 1.46. The van der Waals surface area contributed by atoms with Gasteiger partial charge in [-0.2, -0.15) is 0 Å². The number of anilines is 3. The monoisotopic (exact) mass is 382 g/mol. The van der Waals surface area contributed by atoms with Gasteiger partial charge >= 0.3 is 0 Å². The number of allylic oxidation sites excluding steroid dienone is 1. The molecule has 0 atom stereocenters. The zero-order valence-electron chi connectivity index (χ0n) is 16.1. The predicted molar refractivity (Wildman–Crippen MR) is 114 cm³/mol. The third-order valence-corrected chi connectivity index (χ3v) is 6.49. The van der Waals surface area contributed by atoms with E-state index >= 15 is 0 Å². The van der Waals surface area contributed by atoms with Gasteiger partial charge in [-0.25, -0.2) is 9.97 Å². The first kappa shape index (κ1) is 18.1. The van der Waals surface area contributed by atoms with Crippen LogP contribution in [0.15, 0.2) is 42.2 Å².